The van der Waals surface area contributed by atoms with E-state index < -0.39 is 5.97 Å². The SMILES string of the molecule is O=C(O)/C=C/c1cc(OCC2CCCC2)ccc1Br. The molecule has 1 aromatic carbocycles. The van der Waals surface area contributed by atoms with E-state index in [0.717, 1.165) is 28.5 Å². The van der Waals surface area contributed by atoms with Gasteiger partial charge in [-0.2, -0.15) is 0 Å². The second-order valence-corrected chi connectivity index (χ2v) is 5.67. The van der Waals surface area contributed by atoms with Crippen LogP contribution >= 0.6 is 15.9 Å². The number of carbonyl (C=O) groups is 1. The second kappa shape index (κ2) is 6.75. The van der Waals surface area contributed by atoms with E-state index in [4.69, 9.17) is 9.84 Å². The molecular formula is C15H17BrO3. The highest BCUT2D eigenvalue weighted by atomic mass is 79.9. The van der Waals surface area contributed by atoms with Gasteiger partial charge in [-0.15, -0.1) is 0 Å². The first-order valence-electron chi connectivity index (χ1n) is 6.48. The number of aliphatic carboxylic acids is 1. The highest BCUT2D eigenvalue weighted by Crippen LogP contribution is 2.27. The fourth-order valence-electron chi connectivity index (χ4n) is 2.29. The first kappa shape index (κ1) is 14.1. The van der Waals surface area contributed by atoms with E-state index >= 15 is 0 Å². The molecule has 1 fully saturated rings. The first-order valence-corrected chi connectivity index (χ1v) is 7.28. The summed E-state index contributed by atoms with van der Waals surface area (Å²) in [4.78, 5) is 10.5. The van der Waals surface area contributed by atoms with E-state index in [0.29, 0.717) is 5.92 Å². The number of halogens is 1. The quantitative estimate of drug-likeness (QED) is 0.829. The van der Waals surface area contributed by atoms with Crippen LogP contribution in [-0.4, -0.2) is 17.7 Å². The minimum absolute atomic E-state index is 0.668. The van der Waals surface area contributed by atoms with Crippen LogP contribution in [0.5, 0.6) is 5.75 Å². The van der Waals surface area contributed by atoms with Gasteiger partial charge in [0, 0.05) is 10.5 Å². The third-order valence-corrected chi connectivity index (χ3v) is 4.06. The Balaban J connectivity index is 2.00. The second-order valence-electron chi connectivity index (χ2n) is 4.82. The van der Waals surface area contributed by atoms with Gasteiger partial charge >= 0.3 is 5.97 Å². The van der Waals surface area contributed by atoms with Gasteiger partial charge in [-0.3, -0.25) is 0 Å². The highest BCUT2D eigenvalue weighted by Gasteiger charge is 2.15. The largest absolute Gasteiger partial charge is 0.493 e. The van der Waals surface area contributed by atoms with Crippen LogP contribution in [0.1, 0.15) is 31.2 Å². The Kier molecular flexibility index (Phi) is 5.02. The molecule has 0 aliphatic heterocycles. The molecule has 102 valence electrons. The summed E-state index contributed by atoms with van der Waals surface area (Å²) in [6, 6.07) is 5.64. The topological polar surface area (TPSA) is 46.5 Å². The van der Waals surface area contributed by atoms with Gasteiger partial charge in [0.1, 0.15) is 5.75 Å². The Bertz CT molecular complexity index is 476. The van der Waals surface area contributed by atoms with E-state index in [2.05, 4.69) is 15.9 Å². The molecule has 1 N–H and O–H groups in total. The maximum absolute atomic E-state index is 10.5. The fraction of sp³-hybridized carbons (Fsp3) is 0.400. The molecule has 1 saturated carbocycles. The average molecular weight is 325 g/mol. The van der Waals surface area contributed by atoms with Crippen LogP contribution in [-0.2, 0) is 4.79 Å². The predicted octanol–water partition coefficient (Wildman–Crippen LogP) is 4.12. The van der Waals surface area contributed by atoms with E-state index in [1.165, 1.54) is 25.7 Å². The number of carboxylic acids is 1. The van der Waals surface area contributed by atoms with Crippen molar-refractivity contribution in [1.29, 1.82) is 0 Å². The summed E-state index contributed by atoms with van der Waals surface area (Å²) in [6.07, 6.45) is 7.81. The van der Waals surface area contributed by atoms with E-state index in [-0.39, 0.29) is 0 Å². The monoisotopic (exact) mass is 324 g/mol. The van der Waals surface area contributed by atoms with Gasteiger partial charge in [-0.1, -0.05) is 28.8 Å². The van der Waals surface area contributed by atoms with Gasteiger partial charge in [0.25, 0.3) is 0 Å². The van der Waals surface area contributed by atoms with Crippen molar-refractivity contribution in [3.05, 3.63) is 34.3 Å². The van der Waals surface area contributed by atoms with Crippen LogP contribution in [0.4, 0.5) is 0 Å². The van der Waals surface area contributed by atoms with Crippen molar-refractivity contribution in [3.63, 3.8) is 0 Å². The van der Waals surface area contributed by atoms with Crippen LogP contribution in [0.25, 0.3) is 6.08 Å². The van der Waals surface area contributed by atoms with Crippen LogP contribution in [0.3, 0.4) is 0 Å². The normalized spacial score (nSPS) is 16.1. The molecule has 0 aromatic heterocycles. The van der Waals surface area contributed by atoms with Gasteiger partial charge < -0.3 is 9.84 Å². The maximum Gasteiger partial charge on any atom is 0.328 e. The van der Waals surface area contributed by atoms with E-state index in [1.807, 2.05) is 18.2 Å². The molecule has 0 heterocycles. The number of hydrogen-bond acceptors (Lipinski definition) is 2. The average Bonchev–Trinajstić information content (AvgIpc) is 2.89. The van der Waals surface area contributed by atoms with Crippen molar-refractivity contribution in [1.82, 2.24) is 0 Å². The maximum atomic E-state index is 10.5. The predicted molar refractivity (Wildman–Crippen MR) is 78.3 cm³/mol. The molecule has 0 spiro atoms. The summed E-state index contributed by atoms with van der Waals surface area (Å²) in [5.74, 6) is 0.506. The summed E-state index contributed by atoms with van der Waals surface area (Å²) >= 11 is 3.40. The Labute approximate surface area is 121 Å². The molecule has 1 aromatic rings. The third-order valence-electron chi connectivity index (χ3n) is 3.33. The van der Waals surface area contributed by atoms with Crippen LogP contribution < -0.4 is 4.74 Å². The van der Waals surface area contributed by atoms with Crippen LogP contribution in [0, 0.1) is 5.92 Å². The van der Waals surface area contributed by atoms with Crippen molar-refractivity contribution in [3.8, 4) is 5.75 Å². The Hall–Kier alpha value is -1.29. The number of benzene rings is 1. The Morgan fingerprint density at radius 3 is 2.84 bits per heavy atom. The van der Waals surface area contributed by atoms with E-state index in [1.54, 1.807) is 6.08 Å². The van der Waals surface area contributed by atoms with Gasteiger partial charge in [-0.25, -0.2) is 4.79 Å². The number of rotatable bonds is 5. The van der Waals surface area contributed by atoms with Gasteiger partial charge in [0.15, 0.2) is 0 Å². The molecule has 19 heavy (non-hydrogen) atoms. The molecule has 0 unspecified atom stereocenters. The summed E-state index contributed by atoms with van der Waals surface area (Å²) < 4.78 is 6.65. The lowest BCUT2D eigenvalue weighted by atomic mass is 10.1. The zero-order valence-electron chi connectivity index (χ0n) is 10.6. The number of ether oxygens (including phenoxy) is 1. The summed E-state index contributed by atoms with van der Waals surface area (Å²) in [5, 5.41) is 8.65. The van der Waals surface area contributed by atoms with Crippen molar-refractivity contribution < 1.29 is 14.6 Å². The number of carboxylic acid groups (broad SMARTS) is 1. The van der Waals surface area contributed by atoms with Crippen LogP contribution in [0.2, 0.25) is 0 Å². The lowest BCUT2D eigenvalue weighted by Gasteiger charge is -2.12. The van der Waals surface area contributed by atoms with Crippen molar-refractivity contribution >= 4 is 28.0 Å². The molecule has 0 atom stereocenters. The summed E-state index contributed by atoms with van der Waals surface area (Å²) in [6.45, 7) is 0.754. The third kappa shape index (κ3) is 4.39. The van der Waals surface area contributed by atoms with Gasteiger partial charge in [0.2, 0.25) is 0 Å². The molecular weight excluding hydrogens is 308 g/mol. The highest BCUT2D eigenvalue weighted by molar-refractivity contribution is 9.10. The van der Waals surface area contributed by atoms with Crippen molar-refractivity contribution in [2.45, 2.75) is 25.7 Å². The first-order chi connectivity index (χ1) is 9.15. The molecule has 1 aliphatic rings. The molecule has 2 rings (SSSR count). The molecule has 0 radical (unpaired) electrons. The smallest absolute Gasteiger partial charge is 0.328 e. The zero-order valence-corrected chi connectivity index (χ0v) is 12.2. The van der Waals surface area contributed by atoms with Crippen molar-refractivity contribution in [2.24, 2.45) is 5.92 Å². The molecule has 3 nitrogen and oxygen atoms in total. The minimum atomic E-state index is -0.954. The van der Waals surface area contributed by atoms with E-state index in [9.17, 15) is 4.79 Å². The molecule has 0 bridgehead atoms. The standard InChI is InChI=1S/C15H17BrO3/c16-14-7-6-13(9-12(14)5-8-15(17)18)19-10-11-3-1-2-4-11/h5-9,11H,1-4,10H2,(H,17,18)/b8-5+. The van der Waals surface area contributed by atoms with Gasteiger partial charge in [-0.05, 0) is 48.6 Å². The molecule has 4 heteroatoms. The zero-order chi connectivity index (χ0) is 13.7. The van der Waals surface area contributed by atoms with Gasteiger partial charge in [0.05, 0.1) is 6.61 Å². The van der Waals surface area contributed by atoms with Crippen molar-refractivity contribution in [2.75, 3.05) is 6.61 Å². The Morgan fingerprint density at radius 2 is 2.16 bits per heavy atom. The molecule has 1 aliphatic carbocycles. The molecule has 0 amide bonds. The van der Waals surface area contributed by atoms with Crippen LogP contribution in [0.15, 0.2) is 28.7 Å². The minimum Gasteiger partial charge on any atom is -0.493 e. The lowest BCUT2D eigenvalue weighted by molar-refractivity contribution is -0.131. The summed E-state index contributed by atoms with van der Waals surface area (Å²) in [7, 11) is 0. The number of hydrogen-bond donors (Lipinski definition) is 1. The fourth-order valence-corrected chi connectivity index (χ4v) is 2.67. The molecule has 0 saturated heterocycles. The Morgan fingerprint density at radius 1 is 1.42 bits per heavy atom. The lowest BCUT2D eigenvalue weighted by Crippen LogP contribution is -2.08. The summed E-state index contributed by atoms with van der Waals surface area (Å²) in [5.41, 5.74) is 0.811.